The number of carboxylic acids is 1. The first-order valence-corrected chi connectivity index (χ1v) is 7.77. The van der Waals surface area contributed by atoms with Crippen molar-refractivity contribution in [2.24, 2.45) is 0 Å². The van der Waals surface area contributed by atoms with Crippen LogP contribution in [0.25, 0.3) is 0 Å². The number of amides is 1. The molecule has 0 spiro atoms. The second-order valence-corrected chi connectivity index (χ2v) is 5.96. The second-order valence-electron chi connectivity index (χ2n) is 5.96. The number of benzene rings is 2. The molecule has 0 aromatic heterocycles. The minimum atomic E-state index is -1.02. The Bertz CT molecular complexity index is 754. The van der Waals surface area contributed by atoms with Crippen LogP contribution < -0.4 is 0 Å². The number of aryl methyl sites for hydroxylation is 1. The molecular weight excluding hydrogens is 290 g/mol. The Balaban J connectivity index is 1.89. The number of nitrogens with zero attached hydrogens (tertiary/aromatic N) is 1. The van der Waals surface area contributed by atoms with Gasteiger partial charge in [-0.3, -0.25) is 4.79 Å². The van der Waals surface area contributed by atoms with Crippen molar-refractivity contribution in [2.45, 2.75) is 25.8 Å². The predicted molar refractivity (Wildman–Crippen MR) is 87.6 cm³/mol. The zero-order chi connectivity index (χ0) is 16.4. The van der Waals surface area contributed by atoms with Crippen molar-refractivity contribution in [1.82, 2.24) is 4.90 Å². The maximum Gasteiger partial charge on any atom is 0.335 e. The van der Waals surface area contributed by atoms with Crippen LogP contribution in [0.4, 0.5) is 0 Å². The lowest BCUT2D eigenvalue weighted by atomic mass is 10.0. The van der Waals surface area contributed by atoms with Crippen LogP contribution in [0.2, 0.25) is 0 Å². The third-order valence-corrected chi connectivity index (χ3v) is 4.30. The summed E-state index contributed by atoms with van der Waals surface area (Å²) in [5.74, 6) is -1.12. The molecule has 1 fully saturated rings. The molecule has 1 unspecified atom stereocenters. The molecule has 118 valence electrons. The molecule has 0 saturated carbocycles. The number of hydrogen-bond donors (Lipinski definition) is 1. The van der Waals surface area contributed by atoms with E-state index >= 15 is 0 Å². The van der Waals surface area contributed by atoms with Crippen LogP contribution in [0.1, 0.15) is 50.7 Å². The highest BCUT2D eigenvalue weighted by Crippen LogP contribution is 2.33. The lowest BCUT2D eigenvalue weighted by Gasteiger charge is -2.25. The molecule has 1 atom stereocenters. The number of aromatic carboxylic acids is 1. The zero-order valence-corrected chi connectivity index (χ0v) is 13.0. The van der Waals surface area contributed by atoms with Crippen LogP contribution in [0.15, 0.2) is 48.5 Å². The van der Waals surface area contributed by atoms with Crippen LogP contribution in [-0.2, 0) is 0 Å². The number of rotatable bonds is 3. The fourth-order valence-electron chi connectivity index (χ4n) is 3.18. The van der Waals surface area contributed by atoms with Gasteiger partial charge in [-0.1, -0.05) is 35.9 Å². The highest BCUT2D eigenvalue weighted by molar-refractivity contribution is 5.97. The van der Waals surface area contributed by atoms with Gasteiger partial charge >= 0.3 is 5.97 Å². The third-order valence-electron chi connectivity index (χ3n) is 4.30. The van der Waals surface area contributed by atoms with E-state index in [0.717, 1.165) is 18.4 Å². The monoisotopic (exact) mass is 309 g/mol. The van der Waals surface area contributed by atoms with E-state index in [-0.39, 0.29) is 17.5 Å². The van der Waals surface area contributed by atoms with Gasteiger partial charge in [0.1, 0.15) is 0 Å². The number of likely N-dealkylation sites (tertiary alicyclic amines) is 1. The van der Waals surface area contributed by atoms with E-state index in [1.807, 2.05) is 24.0 Å². The highest BCUT2D eigenvalue weighted by atomic mass is 16.4. The Hall–Kier alpha value is -2.62. The largest absolute Gasteiger partial charge is 0.478 e. The van der Waals surface area contributed by atoms with Crippen molar-refractivity contribution in [3.63, 3.8) is 0 Å². The molecule has 0 radical (unpaired) electrons. The first-order chi connectivity index (χ1) is 11.1. The Kier molecular flexibility index (Phi) is 4.15. The average Bonchev–Trinajstić information content (AvgIpc) is 3.04. The van der Waals surface area contributed by atoms with Crippen LogP contribution in [0.3, 0.4) is 0 Å². The predicted octanol–water partition coefficient (Wildman–Crippen LogP) is 3.67. The Labute approximate surface area is 135 Å². The smallest absolute Gasteiger partial charge is 0.335 e. The first-order valence-electron chi connectivity index (χ1n) is 7.77. The van der Waals surface area contributed by atoms with Gasteiger partial charge in [0.25, 0.3) is 5.91 Å². The van der Waals surface area contributed by atoms with Crippen molar-refractivity contribution in [1.29, 1.82) is 0 Å². The molecule has 0 bridgehead atoms. The van der Waals surface area contributed by atoms with Gasteiger partial charge in [0, 0.05) is 12.1 Å². The van der Waals surface area contributed by atoms with Gasteiger partial charge in [-0.25, -0.2) is 4.79 Å². The van der Waals surface area contributed by atoms with Crippen LogP contribution in [0, 0.1) is 6.92 Å². The standard InChI is InChI=1S/C19H19NO3/c1-13-5-2-6-14(11-13)17-9-4-10-20(17)18(21)15-7-3-8-16(12-15)19(22)23/h2-3,5-8,11-12,17H,4,9-10H2,1H3,(H,22,23). The number of carbonyl (C=O) groups is 2. The highest BCUT2D eigenvalue weighted by Gasteiger charge is 2.30. The molecule has 3 rings (SSSR count). The van der Waals surface area contributed by atoms with Crippen LogP contribution in [0.5, 0.6) is 0 Å². The summed E-state index contributed by atoms with van der Waals surface area (Å²) in [6.07, 6.45) is 1.90. The van der Waals surface area contributed by atoms with E-state index in [0.29, 0.717) is 12.1 Å². The van der Waals surface area contributed by atoms with Gasteiger partial charge in [-0.05, 0) is 43.5 Å². The number of carbonyl (C=O) groups excluding carboxylic acids is 1. The molecule has 4 heteroatoms. The SMILES string of the molecule is Cc1cccc(C2CCCN2C(=O)c2cccc(C(=O)O)c2)c1. The molecule has 1 heterocycles. The molecule has 1 aliphatic heterocycles. The number of hydrogen-bond acceptors (Lipinski definition) is 2. The topological polar surface area (TPSA) is 57.6 Å². The fraction of sp³-hybridized carbons (Fsp3) is 0.263. The Morgan fingerprint density at radius 3 is 2.57 bits per heavy atom. The van der Waals surface area contributed by atoms with Crippen LogP contribution in [-0.4, -0.2) is 28.4 Å². The maximum absolute atomic E-state index is 12.8. The fourth-order valence-corrected chi connectivity index (χ4v) is 3.18. The lowest BCUT2D eigenvalue weighted by Crippen LogP contribution is -2.30. The number of carboxylic acid groups (broad SMARTS) is 1. The Morgan fingerprint density at radius 2 is 1.83 bits per heavy atom. The third kappa shape index (κ3) is 3.11. The van der Waals surface area contributed by atoms with Crippen LogP contribution >= 0.6 is 0 Å². The summed E-state index contributed by atoms with van der Waals surface area (Å²) in [5, 5.41) is 9.09. The minimum absolute atomic E-state index is 0.0656. The summed E-state index contributed by atoms with van der Waals surface area (Å²) in [7, 11) is 0. The van der Waals surface area contributed by atoms with Gasteiger partial charge in [0.15, 0.2) is 0 Å². The van der Waals surface area contributed by atoms with Crippen molar-refractivity contribution < 1.29 is 14.7 Å². The van der Waals surface area contributed by atoms with E-state index in [2.05, 4.69) is 12.1 Å². The van der Waals surface area contributed by atoms with Gasteiger partial charge in [-0.2, -0.15) is 0 Å². The summed E-state index contributed by atoms with van der Waals surface area (Å²) >= 11 is 0. The zero-order valence-electron chi connectivity index (χ0n) is 13.0. The molecule has 1 amide bonds. The average molecular weight is 309 g/mol. The molecule has 1 N–H and O–H groups in total. The molecule has 23 heavy (non-hydrogen) atoms. The molecule has 1 saturated heterocycles. The van der Waals surface area contributed by atoms with Crippen molar-refractivity contribution in [3.8, 4) is 0 Å². The molecule has 2 aromatic rings. The minimum Gasteiger partial charge on any atom is -0.478 e. The summed E-state index contributed by atoms with van der Waals surface area (Å²) < 4.78 is 0. The van der Waals surface area contributed by atoms with E-state index < -0.39 is 5.97 Å². The van der Waals surface area contributed by atoms with Gasteiger partial charge in [-0.15, -0.1) is 0 Å². The Morgan fingerprint density at radius 1 is 1.09 bits per heavy atom. The summed E-state index contributed by atoms with van der Waals surface area (Å²) in [5.41, 5.74) is 2.89. The summed E-state index contributed by atoms with van der Waals surface area (Å²) in [6.45, 7) is 2.75. The molecule has 4 nitrogen and oxygen atoms in total. The van der Waals surface area contributed by atoms with E-state index in [1.54, 1.807) is 12.1 Å². The van der Waals surface area contributed by atoms with Crippen molar-refractivity contribution >= 4 is 11.9 Å². The van der Waals surface area contributed by atoms with Crippen molar-refractivity contribution in [2.75, 3.05) is 6.54 Å². The normalized spacial score (nSPS) is 17.3. The van der Waals surface area contributed by atoms with E-state index in [4.69, 9.17) is 5.11 Å². The van der Waals surface area contributed by atoms with Gasteiger partial charge < -0.3 is 10.0 Å². The van der Waals surface area contributed by atoms with E-state index in [9.17, 15) is 9.59 Å². The molecule has 1 aliphatic rings. The lowest BCUT2D eigenvalue weighted by molar-refractivity contribution is 0.0697. The van der Waals surface area contributed by atoms with Gasteiger partial charge in [0.2, 0.25) is 0 Å². The van der Waals surface area contributed by atoms with Crippen molar-refractivity contribution in [3.05, 3.63) is 70.8 Å². The molecular formula is C19H19NO3. The second kappa shape index (κ2) is 6.24. The summed E-state index contributed by atoms with van der Waals surface area (Å²) in [6, 6.07) is 14.5. The maximum atomic E-state index is 12.8. The molecule has 0 aliphatic carbocycles. The quantitative estimate of drug-likeness (QED) is 0.941. The molecule has 2 aromatic carbocycles. The van der Waals surface area contributed by atoms with Gasteiger partial charge in [0.05, 0.1) is 11.6 Å². The van der Waals surface area contributed by atoms with E-state index in [1.165, 1.54) is 17.7 Å². The summed E-state index contributed by atoms with van der Waals surface area (Å²) in [4.78, 5) is 25.8. The first kappa shape index (κ1) is 15.3.